The van der Waals surface area contributed by atoms with Crippen LogP contribution in [0.25, 0.3) is 0 Å². The summed E-state index contributed by atoms with van der Waals surface area (Å²) in [5.41, 5.74) is 1.95. The number of hydrogen-bond donors (Lipinski definition) is 0. The number of hydrogen-bond acceptors (Lipinski definition) is 3. The summed E-state index contributed by atoms with van der Waals surface area (Å²) in [7, 11) is 1.82. The Morgan fingerprint density at radius 3 is 2.40 bits per heavy atom. The predicted molar refractivity (Wildman–Crippen MR) is 98.1 cm³/mol. The molecule has 1 amide bonds. The van der Waals surface area contributed by atoms with Crippen molar-refractivity contribution >= 4 is 41.1 Å². The summed E-state index contributed by atoms with van der Waals surface area (Å²) < 4.78 is 14.9. The molecule has 0 spiro atoms. The van der Waals surface area contributed by atoms with Gasteiger partial charge in [-0.1, -0.05) is 23.4 Å². The number of nitrogens with zero attached hydrogens (tertiary/aromatic N) is 3. The molecule has 0 unspecified atom stereocenters. The zero-order valence-electron chi connectivity index (χ0n) is 13.6. The van der Waals surface area contributed by atoms with Gasteiger partial charge in [0.1, 0.15) is 16.5 Å². The smallest absolute Gasteiger partial charge is 0.218 e. The number of halogens is 2. The standard InChI is InChI=1S/C18H15ClFN3OS/c1-12-17(23(11-24)15-7-5-14(20)6-8-15)18(22(2)21-12)25-16-9-3-13(19)4-10-16/h3-11H,1-2H3. The summed E-state index contributed by atoms with van der Waals surface area (Å²) in [5.74, 6) is -0.353. The van der Waals surface area contributed by atoms with E-state index in [1.807, 2.05) is 38.2 Å². The molecule has 7 heteroatoms. The first-order chi connectivity index (χ1) is 12.0. The molecule has 0 radical (unpaired) electrons. The van der Waals surface area contributed by atoms with Gasteiger partial charge >= 0.3 is 0 Å². The molecule has 3 aromatic rings. The highest BCUT2D eigenvalue weighted by Crippen LogP contribution is 2.39. The SMILES string of the molecule is Cc1nn(C)c(Sc2ccc(Cl)cc2)c1N(C=O)c1ccc(F)cc1. The molecular formula is C18H15ClFN3OS. The lowest BCUT2D eigenvalue weighted by Crippen LogP contribution is -2.15. The number of carbonyl (C=O) groups excluding carboxylic acids is 1. The van der Waals surface area contributed by atoms with E-state index in [-0.39, 0.29) is 5.82 Å². The predicted octanol–water partition coefficient (Wildman–Crippen LogP) is 4.97. The number of benzene rings is 2. The largest absolute Gasteiger partial charge is 0.279 e. The molecule has 0 aliphatic rings. The Hall–Kier alpha value is -2.31. The number of aryl methyl sites for hydroxylation is 2. The molecule has 4 nitrogen and oxygen atoms in total. The molecule has 3 rings (SSSR count). The first kappa shape index (κ1) is 17.5. The normalized spacial score (nSPS) is 10.7. The fourth-order valence-corrected chi connectivity index (χ4v) is 3.61. The Morgan fingerprint density at radius 2 is 1.80 bits per heavy atom. The van der Waals surface area contributed by atoms with Gasteiger partial charge in [0.05, 0.1) is 5.69 Å². The van der Waals surface area contributed by atoms with Crippen LogP contribution in [0.15, 0.2) is 58.5 Å². The zero-order chi connectivity index (χ0) is 18.0. The molecule has 0 bridgehead atoms. The highest BCUT2D eigenvalue weighted by molar-refractivity contribution is 7.99. The van der Waals surface area contributed by atoms with Gasteiger partial charge < -0.3 is 0 Å². The van der Waals surface area contributed by atoms with E-state index < -0.39 is 0 Å². The molecule has 0 atom stereocenters. The van der Waals surface area contributed by atoms with Gasteiger partial charge in [0.25, 0.3) is 0 Å². The Morgan fingerprint density at radius 1 is 1.16 bits per heavy atom. The highest BCUT2D eigenvalue weighted by Gasteiger charge is 2.21. The van der Waals surface area contributed by atoms with Crippen LogP contribution < -0.4 is 4.90 Å². The third-order valence-electron chi connectivity index (χ3n) is 3.62. The molecule has 0 N–H and O–H groups in total. The molecule has 0 aliphatic carbocycles. The average molecular weight is 376 g/mol. The molecule has 0 saturated carbocycles. The van der Waals surface area contributed by atoms with Gasteiger partial charge in [-0.05, 0) is 55.5 Å². The fourth-order valence-electron chi connectivity index (χ4n) is 2.48. The third-order valence-corrected chi connectivity index (χ3v) is 5.03. The van der Waals surface area contributed by atoms with Crippen LogP contribution in [0.1, 0.15) is 5.69 Å². The van der Waals surface area contributed by atoms with Crippen molar-refractivity contribution in [2.75, 3.05) is 4.90 Å². The molecule has 0 saturated heterocycles. The Labute approximate surface area is 154 Å². The van der Waals surface area contributed by atoms with Gasteiger partial charge in [-0.15, -0.1) is 0 Å². The Bertz CT molecular complexity index is 894. The summed E-state index contributed by atoms with van der Waals surface area (Å²) in [4.78, 5) is 14.2. The monoisotopic (exact) mass is 375 g/mol. The number of aromatic nitrogens is 2. The summed E-state index contributed by atoms with van der Waals surface area (Å²) in [5, 5.41) is 5.89. The average Bonchev–Trinajstić information content (AvgIpc) is 2.86. The van der Waals surface area contributed by atoms with Gasteiger partial charge in [-0.25, -0.2) is 4.39 Å². The van der Waals surface area contributed by atoms with E-state index >= 15 is 0 Å². The van der Waals surface area contributed by atoms with E-state index in [9.17, 15) is 9.18 Å². The number of carbonyl (C=O) groups is 1. The molecule has 0 fully saturated rings. The van der Waals surface area contributed by atoms with Gasteiger partial charge in [-0.2, -0.15) is 5.10 Å². The van der Waals surface area contributed by atoms with Crippen molar-refractivity contribution in [3.05, 3.63) is 65.1 Å². The minimum absolute atomic E-state index is 0.353. The van der Waals surface area contributed by atoms with Gasteiger partial charge in [-0.3, -0.25) is 14.4 Å². The van der Waals surface area contributed by atoms with Crippen LogP contribution in [0.3, 0.4) is 0 Å². The zero-order valence-corrected chi connectivity index (χ0v) is 15.2. The van der Waals surface area contributed by atoms with E-state index in [4.69, 9.17) is 11.6 Å². The van der Waals surface area contributed by atoms with Crippen LogP contribution in [-0.2, 0) is 11.8 Å². The second kappa shape index (κ2) is 7.29. The van der Waals surface area contributed by atoms with Crippen molar-refractivity contribution in [1.82, 2.24) is 9.78 Å². The van der Waals surface area contributed by atoms with Gasteiger partial charge in [0.15, 0.2) is 0 Å². The molecule has 1 aromatic heterocycles. The van der Waals surface area contributed by atoms with Crippen molar-refractivity contribution in [3.8, 4) is 0 Å². The summed E-state index contributed by atoms with van der Waals surface area (Å²) in [6, 6.07) is 13.2. The van der Waals surface area contributed by atoms with Crippen LogP contribution in [0.2, 0.25) is 5.02 Å². The molecule has 128 valence electrons. The van der Waals surface area contributed by atoms with Crippen molar-refractivity contribution in [2.24, 2.45) is 7.05 Å². The quantitative estimate of drug-likeness (QED) is 0.591. The van der Waals surface area contributed by atoms with Crippen LogP contribution in [0.5, 0.6) is 0 Å². The van der Waals surface area contributed by atoms with Crippen LogP contribution in [0.4, 0.5) is 15.8 Å². The van der Waals surface area contributed by atoms with E-state index in [1.54, 1.807) is 16.8 Å². The number of amides is 1. The maximum absolute atomic E-state index is 13.2. The number of rotatable bonds is 5. The highest BCUT2D eigenvalue weighted by atomic mass is 35.5. The van der Waals surface area contributed by atoms with E-state index in [0.29, 0.717) is 28.5 Å². The molecule has 25 heavy (non-hydrogen) atoms. The molecular weight excluding hydrogens is 361 g/mol. The fraction of sp³-hybridized carbons (Fsp3) is 0.111. The van der Waals surface area contributed by atoms with E-state index in [2.05, 4.69) is 5.10 Å². The first-order valence-electron chi connectivity index (χ1n) is 7.46. The summed E-state index contributed by atoms with van der Waals surface area (Å²) in [6.07, 6.45) is 0.711. The second-order valence-corrected chi connectivity index (χ2v) is 6.87. The Kier molecular flexibility index (Phi) is 5.11. The van der Waals surface area contributed by atoms with Gasteiger partial charge in [0, 0.05) is 22.7 Å². The first-order valence-corrected chi connectivity index (χ1v) is 8.66. The minimum atomic E-state index is -0.353. The summed E-state index contributed by atoms with van der Waals surface area (Å²) in [6.45, 7) is 1.83. The molecule has 1 heterocycles. The lowest BCUT2D eigenvalue weighted by Gasteiger charge is -2.19. The minimum Gasteiger partial charge on any atom is -0.279 e. The topological polar surface area (TPSA) is 38.1 Å². The van der Waals surface area contributed by atoms with Crippen LogP contribution >= 0.6 is 23.4 Å². The van der Waals surface area contributed by atoms with Crippen LogP contribution in [-0.4, -0.2) is 16.2 Å². The van der Waals surface area contributed by atoms with Crippen molar-refractivity contribution < 1.29 is 9.18 Å². The lowest BCUT2D eigenvalue weighted by atomic mass is 10.2. The Balaban J connectivity index is 2.04. The van der Waals surface area contributed by atoms with Gasteiger partial charge in [0.2, 0.25) is 6.41 Å². The molecule has 0 aliphatic heterocycles. The van der Waals surface area contributed by atoms with Crippen molar-refractivity contribution in [2.45, 2.75) is 16.8 Å². The lowest BCUT2D eigenvalue weighted by molar-refractivity contribution is -0.106. The van der Waals surface area contributed by atoms with Crippen molar-refractivity contribution in [3.63, 3.8) is 0 Å². The maximum atomic E-state index is 13.2. The van der Waals surface area contributed by atoms with E-state index in [1.165, 1.54) is 28.8 Å². The molecule has 2 aromatic carbocycles. The maximum Gasteiger partial charge on any atom is 0.218 e. The number of anilines is 2. The summed E-state index contributed by atoms with van der Waals surface area (Å²) >= 11 is 7.41. The third kappa shape index (κ3) is 3.70. The van der Waals surface area contributed by atoms with Crippen LogP contribution in [0, 0.1) is 12.7 Å². The van der Waals surface area contributed by atoms with E-state index in [0.717, 1.165) is 9.92 Å². The van der Waals surface area contributed by atoms with Crippen molar-refractivity contribution in [1.29, 1.82) is 0 Å². The second-order valence-electron chi connectivity index (χ2n) is 5.37.